The molecule has 0 fully saturated rings. The summed E-state index contributed by atoms with van der Waals surface area (Å²) in [5, 5.41) is 8.10. The molecule has 6 aromatic rings. The molecule has 1 aromatic carbocycles. The highest BCUT2D eigenvalue weighted by Gasteiger charge is 2.18. The van der Waals surface area contributed by atoms with Gasteiger partial charge in [0.1, 0.15) is 17.0 Å². The fourth-order valence-electron chi connectivity index (χ4n) is 4.04. The van der Waals surface area contributed by atoms with Gasteiger partial charge in [-0.05, 0) is 24.3 Å². The number of halogens is 1. The highest BCUT2D eigenvalue weighted by Crippen LogP contribution is 2.34. The zero-order valence-corrected chi connectivity index (χ0v) is 18.4. The Hall–Kier alpha value is -4.66. The number of nitrogens with one attached hydrogen (secondary N) is 2. The van der Waals surface area contributed by atoms with Crippen LogP contribution in [0.2, 0.25) is 0 Å². The number of hydrogen-bond donors (Lipinski definition) is 2. The van der Waals surface area contributed by atoms with Crippen molar-refractivity contribution in [1.82, 2.24) is 35.1 Å². The van der Waals surface area contributed by atoms with Crippen LogP contribution in [0.4, 0.5) is 10.1 Å². The Morgan fingerprint density at radius 1 is 0.912 bits per heavy atom. The van der Waals surface area contributed by atoms with Crippen molar-refractivity contribution in [2.24, 2.45) is 0 Å². The number of pyridine rings is 3. The van der Waals surface area contributed by atoms with Crippen LogP contribution in [0, 0.1) is 5.82 Å². The van der Waals surface area contributed by atoms with Gasteiger partial charge in [0.25, 0.3) is 0 Å². The first kappa shape index (κ1) is 20.0. The van der Waals surface area contributed by atoms with Crippen LogP contribution in [-0.4, -0.2) is 49.2 Å². The monoisotopic (exact) mass is 450 g/mol. The van der Waals surface area contributed by atoms with E-state index in [1.165, 1.54) is 6.07 Å². The fourth-order valence-corrected chi connectivity index (χ4v) is 4.04. The van der Waals surface area contributed by atoms with E-state index in [1.807, 2.05) is 43.3 Å². The molecule has 0 aliphatic heterocycles. The predicted molar refractivity (Wildman–Crippen MR) is 130 cm³/mol. The van der Waals surface area contributed by atoms with Crippen molar-refractivity contribution in [2.75, 3.05) is 19.0 Å². The van der Waals surface area contributed by atoms with Crippen molar-refractivity contribution < 1.29 is 4.39 Å². The first-order valence-corrected chi connectivity index (χ1v) is 10.6. The molecule has 0 saturated carbocycles. The quantitative estimate of drug-likeness (QED) is 0.399. The molecule has 0 bridgehead atoms. The van der Waals surface area contributed by atoms with E-state index in [-0.39, 0.29) is 5.82 Å². The molecule has 6 rings (SSSR count). The Bertz CT molecular complexity index is 1650. The number of benzene rings is 1. The maximum Gasteiger partial charge on any atom is 0.160 e. The smallest absolute Gasteiger partial charge is 0.160 e. The largest absolute Gasteiger partial charge is 0.376 e. The lowest BCUT2D eigenvalue weighted by Crippen LogP contribution is -2.08. The van der Waals surface area contributed by atoms with E-state index in [2.05, 4.69) is 30.1 Å². The lowest BCUT2D eigenvalue weighted by Gasteiger charge is -2.13. The molecule has 0 saturated heterocycles. The summed E-state index contributed by atoms with van der Waals surface area (Å²) in [6.07, 6.45) is 8.65. The molecule has 8 nitrogen and oxygen atoms in total. The number of aromatic amines is 2. The lowest BCUT2D eigenvalue weighted by molar-refractivity contribution is 0.632. The van der Waals surface area contributed by atoms with Gasteiger partial charge in [-0.15, -0.1) is 0 Å². The second kappa shape index (κ2) is 7.73. The van der Waals surface area contributed by atoms with Crippen LogP contribution in [-0.2, 0) is 0 Å². The van der Waals surface area contributed by atoms with E-state index >= 15 is 4.39 Å². The van der Waals surface area contributed by atoms with E-state index < -0.39 is 0 Å². The molecule has 0 unspecified atom stereocenters. The standard InChI is InChI=1S/C25H19FN8/c1-34(2)16-8-15(12-28-13-16)18-9-19-21(10-20(18)26)32-33-23(19)25-30-22-17(5-7-29-24(22)31-25)14-4-3-6-27-11-14/h3-13H,1-2H3,(H,32,33)(H,29,30,31). The van der Waals surface area contributed by atoms with E-state index in [0.717, 1.165) is 22.2 Å². The minimum absolute atomic E-state index is 0.356. The first-order valence-electron chi connectivity index (χ1n) is 10.6. The Kier molecular flexibility index (Phi) is 4.54. The summed E-state index contributed by atoms with van der Waals surface area (Å²) in [6.45, 7) is 0. The zero-order chi connectivity index (χ0) is 23.2. The average Bonchev–Trinajstić information content (AvgIpc) is 3.47. The Morgan fingerprint density at radius 3 is 2.62 bits per heavy atom. The number of anilines is 1. The second-order valence-corrected chi connectivity index (χ2v) is 8.16. The highest BCUT2D eigenvalue weighted by molar-refractivity contribution is 5.97. The zero-order valence-electron chi connectivity index (χ0n) is 18.4. The van der Waals surface area contributed by atoms with Gasteiger partial charge in [-0.3, -0.25) is 15.1 Å². The van der Waals surface area contributed by atoms with Gasteiger partial charge >= 0.3 is 0 Å². The molecule has 0 radical (unpaired) electrons. The molecule has 0 spiro atoms. The highest BCUT2D eigenvalue weighted by atomic mass is 19.1. The number of imidazole rings is 1. The van der Waals surface area contributed by atoms with Gasteiger partial charge in [-0.1, -0.05) is 6.07 Å². The van der Waals surface area contributed by atoms with Crippen molar-refractivity contribution in [2.45, 2.75) is 0 Å². The second-order valence-electron chi connectivity index (χ2n) is 8.16. The van der Waals surface area contributed by atoms with Crippen molar-refractivity contribution in [3.05, 3.63) is 73.2 Å². The van der Waals surface area contributed by atoms with E-state index in [1.54, 1.807) is 37.1 Å². The fraction of sp³-hybridized carbons (Fsp3) is 0.0800. The minimum Gasteiger partial charge on any atom is -0.376 e. The molecule has 9 heteroatoms. The van der Waals surface area contributed by atoms with E-state index in [0.29, 0.717) is 39.3 Å². The van der Waals surface area contributed by atoms with Gasteiger partial charge < -0.3 is 9.88 Å². The summed E-state index contributed by atoms with van der Waals surface area (Å²) in [7, 11) is 3.84. The molecule has 166 valence electrons. The minimum atomic E-state index is -0.356. The van der Waals surface area contributed by atoms with Gasteiger partial charge in [-0.2, -0.15) is 5.10 Å². The SMILES string of the molecule is CN(C)c1cncc(-c2cc3c(-c4nc5c(-c6cccnc6)ccnc5[nH]4)n[nH]c3cc2F)c1. The Labute approximate surface area is 193 Å². The number of aromatic nitrogens is 7. The molecule has 0 atom stereocenters. The Balaban J connectivity index is 1.51. The topological polar surface area (TPSA) is 99.3 Å². The van der Waals surface area contributed by atoms with Crippen LogP contribution in [0.3, 0.4) is 0 Å². The van der Waals surface area contributed by atoms with Crippen molar-refractivity contribution in [3.8, 4) is 33.8 Å². The van der Waals surface area contributed by atoms with Gasteiger partial charge in [0.15, 0.2) is 11.5 Å². The maximum atomic E-state index is 15.0. The number of hydrogen-bond acceptors (Lipinski definition) is 6. The lowest BCUT2D eigenvalue weighted by atomic mass is 10.0. The molecular formula is C25H19FN8. The summed E-state index contributed by atoms with van der Waals surface area (Å²) < 4.78 is 15.0. The van der Waals surface area contributed by atoms with Gasteiger partial charge in [0.2, 0.25) is 0 Å². The van der Waals surface area contributed by atoms with E-state index in [9.17, 15) is 0 Å². The third kappa shape index (κ3) is 3.25. The molecule has 0 amide bonds. The van der Waals surface area contributed by atoms with Gasteiger partial charge in [0.05, 0.1) is 17.4 Å². The first-order chi connectivity index (χ1) is 16.6. The summed E-state index contributed by atoms with van der Waals surface area (Å²) in [4.78, 5) is 22.9. The van der Waals surface area contributed by atoms with Crippen molar-refractivity contribution in [3.63, 3.8) is 0 Å². The molecular weight excluding hydrogens is 431 g/mol. The van der Waals surface area contributed by atoms with Crippen LogP contribution in [0.15, 0.2) is 67.4 Å². The van der Waals surface area contributed by atoms with Gasteiger partial charge in [-0.25, -0.2) is 14.4 Å². The summed E-state index contributed by atoms with van der Waals surface area (Å²) >= 11 is 0. The third-order valence-electron chi connectivity index (χ3n) is 5.78. The number of nitrogens with zero attached hydrogens (tertiary/aromatic N) is 6. The maximum absolute atomic E-state index is 15.0. The summed E-state index contributed by atoms with van der Waals surface area (Å²) in [5.41, 5.74) is 6.38. The van der Waals surface area contributed by atoms with Crippen LogP contribution >= 0.6 is 0 Å². The number of fused-ring (bicyclic) bond motifs is 2. The molecule has 34 heavy (non-hydrogen) atoms. The normalized spacial score (nSPS) is 11.4. The molecule has 2 N–H and O–H groups in total. The third-order valence-corrected chi connectivity index (χ3v) is 5.78. The van der Waals surface area contributed by atoms with Crippen LogP contribution in [0.25, 0.3) is 55.8 Å². The number of H-pyrrole nitrogens is 2. The molecule has 5 aromatic heterocycles. The van der Waals surface area contributed by atoms with Crippen LogP contribution < -0.4 is 4.90 Å². The Morgan fingerprint density at radius 2 is 1.79 bits per heavy atom. The molecule has 0 aliphatic carbocycles. The number of rotatable bonds is 4. The average molecular weight is 450 g/mol. The molecule has 0 aliphatic rings. The van der Waals surface area contributed by atoms with Crippen molar-refractivity contribution in [1.29, 1.82) is 0 Å². The van der Waals surface area contributed by atoms with Crippen LogP contribution in [0.1, 0.15) is 0 Å². The van der Waals surface area contributed by atoms with Crippen LogP contribution in [0.5, 0.6) is 0 Å². The summed E-state index contributed by atoms with van der Waals surface area (Å²) in [5.74, 6) is 0.188. The summed E-state index contributed by atoms with van der Waals surface area (Å²) in [6, 6.07) is 10.9. The van der Waals surface area contributed by atoms with E-state index in [4.69, 9.17) is 4.98 Å². The molecule has 5 heterocycles. The van der Waals surface area contributed by atoms with Gasteiger partial charge in [0, 0.05) is 72.6 Å². The van der Waals surface area contributed by atoms with Crippen molar-refractivity contribution >= 4 is 27.8 Å². The predicted octanol–water partition coefficient (Wildman–Crippen LogP) is 4.83.